The van der Waals surface area contributed by atoms with Crippen LogP contribution in [0.3, 0.4) is 0 Å². The maximum atomic E-state index is 12.7. The summed E-state index contributed by atoms with van der Waals surface area (Å²) in [5.74, 6) is -0.315. The maximum Gasteiger partial charge on any atom is 0.414 e. The number of aromatic nitrogens is 1. The van der Waals surface area contributed by atoms with Gasteiger partial charge in [0.05, 0.1) is 17.9 Å². The first-order valence-corrected chi connectivity index (χ1v) is 9.37. The predicted molar refractivity (Wildman–Crippen MR) is 105 cm³/mol. The number of nitrogens with zero attached hydrogens (tertiary/aromatic N) is 2. The fourth-order valence-electron chi connectivity index (χ4n) is 2.82. The van der Waals surface area contributed by atoms with Gasteiger partial charge in [0.25, 0.3) is 5.91 Å². The molecule has 7 heteroatoms. The molecule has 0 spiro atoms. The number of ether oxygens (including phenoxy) is 1. The molecule has 0 radical (unpaired) electrons. The molecule has 2 aromatic carbocycles. The molecule has 1 N–H and O–H groups in total. The summed E-state index contributed by atoms with van der Waals surface area (Å²) in [6, 6.07) is 15.2. The first-order chi connectivity index (χ1) is 13.1. The highest BCUT2D eigenvalue weighted by atomic mass is 32.1. The zero-order valence-corrected chi connectivity index (χ0v) is 15.5. The Morgan fingerprint density at radius 2 is 1.96 bits per heavy atom. The van der Waals surface area contributed by atoms with Crippen molar-refractivity contribution in [1.82, 2.24) is 4.98 Å². The van der Waals surface area contributed by atoms with Crippen LogP contribution >= 0.6 is 11.3 Å². The topological polar surface area (TPSA) is 71.5 Å². The number of carbonyl (C=O) groups is 2. The van der Waals surface area contributed by atoms with E-state index in [0.29, 0.717) is 30.2 Å². The number of amides is 2. The summed E-state index contributed by atoms with van der Waals surface area (Å²) >= 11 is 1.42. The van der Waals surface area contributed by atoms with Crippen molar-refractivity contribution in [2.24, 2.45) is 0 Å². The van der Waals surface area contributed by atoms with Crippen LogP contribution in [0.2, 0.25) is 0 Å². The summed E-state index contributed by atoms with van der Waals surface area (Å²) in [7, 11) is 0. The fraction of sp³-hybridized carbons (Fsp3) is 0.150. The van der Waals surface area contributed by atoms with Crippen molar-refractivity contribution in [3.05, 3.63) is 65.2 Å². The quantitative estimate of drug-likeness (QED) is 0.732. The normalized spacial score (nSPS) is 13.5. The SMILES string of the molecule is Cc1ccc(-c2nc(C(=O)Nc3ccccc3N3CCOC3=O)cs2)cc1. The number of para-hydroxylation sites is 2. The van der Waals surface area contributed by atoms with Crippen LogP contribution in [0.1, 0.15) is 16.1 Å². The largest absolute Gasteiger partial charge is 0.447 e. The van der Waals surface area contributed by atoms with Gasteiger partial charge in [-0.3, -0.25) is 9.69 Å². The van der Waals surface area contributed by atoms with Crippen LogP contribution in [0.5, 0.6) is 0 Å². The molecule has 1 fully saturated rings. The van der Waals surface area contributed by atoms with Crippen LogP contribution in [-0.2, 0) is 4.74 Å². The van der Waals surface area contributed by atoms with Gasteiger partial charge in [0.2, 0.25) is 0 Å². The molecule has 1 aromatic heterocycles. The van der Waals surface area contributed by atoms with Crippen LogP contribution in [0.15, 0.2) is 53.9 Å². The highest BCUT2D eigenvalue weighted by molar-refractivity contribution is 7.13. The number of anilines is 2. The van der Waals surface area contributed by atoms with Crippen molar-refractivity contribution in [2.75, 3.05) is 23.4 Å². The summed E-state index contributed by atoms with van der Waals surface area (Å²) in [5, 5.41) is 5.38. The van der Waals surface area contributed by atoms with Gasteiger partial charge in [-0.05, 0) is 19.1 Å². The Bertz CT molecular complexity index is 998. The van der Waals surface area contributed by atoms with Gasteiger partial charge < -0.3 is 10.1 Å². The van der Waals surface area contributed by atoms with E-state index in [1.54, 1.807) is 23.6 Å². The molecule has 0 unspecified atom stereocenters. The first-order valence-electron chi connectivity index (χ1n) is 8.49. The number of cyclic esters (lactones) is 1. The monoisotopic (exact) mass is 379 g/mol. The summed E-state index contributed by atoms with van der Waals surface area (Å²) in [5.41, 5.74) is 3.65. The molecule has 1 aliphatic heterocycles. The second-order valence-electron chi connectivity index (χ2n) is 6.14. The van der Waals surface area contributed by atoms with Gasteiger partial charge in [0.15, 0.2) is 0 Å². The van der Waals surface area contributed by atoms with Crippen molar-refractivity contribution in [1.29, 1.82) is 0 Å². The van der Waals surface area contributed by atoms with Gasteiger partial charge in [-0.15, -0.1) is 11.3 Å². The van der Waals surface area contributed by atoms with Crippen LogP contribution < -0.4 is 10.2 Å². The van der Waals surface area contributed by atoms with Crippen molar-refractivity contribution in [2.45, 2.75) is 6.92 Å². The molecule has 27 heavy (non-hydrogen) atoms. The van der Waals surface area contributed by atoms with E-state index in [1.807, 2.05) is 37.3 Å². The molecule has 6 nitrogen and oxygen atoms in total. The highest BCUT2D eigenvalue weighted by Crippen LogP contribution is 2.29. The second-order valence-corrected chi connectivity index (χ2v) is 7.00. The van der Waals surface area contributed by atoms with Gasteiger partial charge in [-0.2, -0.15) is 0 Å². The Hall–Kier alpha value is -3.19. The molecule has 1 saturated heterocycles. The average molecular weight is 379 g/mol. The van der Waals surface area contributed by atoms with Crippen LogP contribution in [0.25, 0.3) is 10.6 Å². The third kappa shape index (κ3) is 3.54. The molecule has 2 heterocycles. The van der Waals surface area contributed by atoms with E-state index >= 15 is 0 Å². The van der Waals surface area contributed by atoms with Gasteiger partial charge in [0.1, 0.15) is 17.3 Å². The Morgan fingerprint density at radius 1 is 1.19 bits per heavy atom. The zero-order chi connectivity index (χ0) is 18.8. The van der Waals surface area contributed by atoms with Gasteiger partial charge in [-0.25, -0.2) is 9.78 Å². The molecule has 0 aliphatic carbocycles. The van der Waals surface area contributed by atoms with E-state index < -0.39 is 6.09 Å². The lowest BCUT2D eigenvalue weighted by Crippen LogP contribution is -2.25. The Labute approximate surface area is 160 Å². The molecule has 4 rings (SSSR count). The molecule has 0 bridgehead atoms. The molecule has 2 amide bonds. The minimum Gasteiger partial charge on any atom is -0.447 e. The van der Waals surface area contributed by atoms with E-state index in [0.717, 1.165) is 10.6 Å². The lowest BCUT2D eigenvalue weighted by Gasteiger charge is -2.17. The molecular formula is C20H17N3O3S. The van der Waals surface area contributed by atoms with E-state index in [-0.39, 0.29) is 5.91 Å². The molecule has 0 atom stereocenters. The maximum absolute atomic E-state index is 12.7. The van der Waals surface area contributed by atoms with Crippen molar-refractivity contribution in [3.63, 3.8) is 0 Å². The van der Waals surface area contributed by atoms with E-state index in [9.17, 15) is 9.59 Å². The molecule has 1 aliphatic rings. The summed E-state index contributed by atoms with van der Waals surface area (Å²) in [4.78, 5) is 30.5. The Kier molecular flexibility index (Phi) is 4.60. The number of hydrogen-bond donors (Lipinski definition) is 1. The number of hydrogen-bond acceptors (Lipinski definition) is 5. The van der Waals surface area contributed by atoms with Crippen molar-refractivity contribution >= 4 is 34.7 Å². The lowest BCUT2D eigenvalue weighted by molar-refractivity contribution is 0.102. The second kappa shape index (κ2) is 7.20. The molecule has 3 aromatic rings. The number of carbonyl (C=O) groups excluding carboxylic acids is 2. The number of thiazole rings is 1. The number of nitrogens with one attached hydrogen (secondary N) is 1. The standard InChI is InChI=1S/C20H17N3O3S/c1-13-6-8-14(9-7-13)19-22-16(12-27-19)18(24)21-15-4-2-3-5-17(15)23-10-11-26-20(23)25/h2-9,12H,10-11H2,1H3,(H,21,24). The van der Waals surface area contributed by atoms with Gasteiger partial charge >= 0.3 is 6.09 Å². The van der Waals surface area contributed by atoms with Crippen LogP contribution in [0.4, 0.5) is 16.2 Å². The molecular weight excluding hydrogens is 362 g/mol. The number of rotatable bonds is 4. The Morgan fingerprint density at radius 3 is 2.70 bits per heavy atom. The number of benzene rings is 2. The third-order valence-electron chi connectivity index (χ3n) is 4.24. The van der Waals surface area contributed by atoms with Crippen LogP contribution in [0, 0.1) is 6.92 Å². The van der Waals surface area contributed by atoms with Gasteiger partial charge in [-0.1, -0.05) is 42.0 Å². The van der Waals surface area contributed by atoms with E-state index in [4.69, 9.17) is 4.74 Å². The predicted octanol–water partition coefficient (Wildman–Crippen LogP) is 4.33. The zero-order valence-electron chi connectivity index (χ0n) is 14.6. The molecule has 0 saturated carbocycles. The summed E-state index contributed by atoms with van der Waals surface area (Å²) < 4.78 is 4.99. The van der Waals surface area contributed by atoms with E-state index in [2.05, 4.69) is 10.3 Å². The Balaban J connectivity index is 1.55. The lowest BCUT2D eigenvalue weighted by atomic mass is 10.2. The van der Waals surface area contributed by atoms with Gasteiger partial charge in [0, 0.05) is 10.9 Å². The van der Waals surface area contributed by atoms with Crippen molar-refractivity contribution < 1.29 is 14.3 Å². The highest BCUT2D eigenvalue weighted by Gasteiger charge is 2.26. The van der Waals surface area contributed by atoms with E-state index in [1.165, 1.54) is 21.8 Å². The summed E-state index contributed by atoms with van der Waals surface area (Å²) in [6.07, 6.45) is -0.410. The van der Waals surface area contributed by atoms with Crippen molar-refractivity contribution in [3.8, 4) is 10.6 Å². The smallest absolute Gasteiger partial charge is 0.414 e. The minimum absolute atomic E-state index is 0.315. The van der Waals surface area contributed by atoms with Crippen LogP contribution in [-0.4, -0.2) is 30.1 Å². The summed E-state index contributed by atoms with van der Waals surface area (Å²) in [6.45, 7) is 2.82. The first kappa shape index (κ1) is 17.2. The third-order valence-corrected chi connectivity index (χ3v) is 5.13. The fourth-order valence-corrected chi connectivity index (χ4v) is 3.63. The molecule has 136 valence electrons. The average Bonchev–Trinajstić information content (AvgIpc) is 3.32. The minimum atomic E-state index is -0.410. The number of aryl methyl sites for hydroxylation is 1.